The van der Waals surface area contributed by atoms with Crippen LogP contribution < -0.4 is 10.3 Å². The number of aromatic nitrogens is 1. The van der Waals surface area contributed by atoms with Crippen molar-refractivity contribution in [3.05, 3.63) is 39.2 Å². The molecule has 1 aromatic heterocycles. The Balaban J connectivity index is 2.01. The first kappa shape index (κ1) is 20.8. The average molecular weight is 419 g/mol. The molecular formula is C22H27F2N3O3. The van der Waals surface area contributed by atoms with E-state index < -0.39 is 28.6 Å². The van der Waals surface area contributed by atoms with Crippen LogP contribution in [0.5, 0.6) is 0 Å². The Bertz CT molecular complexity index is 1120. The lowest BCUT2D eigenvalue weighted by Gasteiger charge is -2.30. The van der Waals surface area contributed by atoms with Crippen LogP contribution in [-0.4, -0.2) is 53.8 Å². The number of carboxylic acids is 1. The number of aryl methyl sites for hydroxylation is 1. The fourth-order valence-corrected chi connectivity index (χ4v) is 4.92. The molecule has 1 atom stereocenters. The molecule has 2 aromatic rings. The fourth-order valence-electron chi connectivity index (χ4n) is 4.92. The fraction of sp³-hybridized carbons (Fsp3) is 0.545. The molecule has 0 bridgehead atoms. The number of carbonyl (C=O) groups is 1. The Morgan fingerprint density at radius 2 is 1.87 bits per heavy atom. The zero-order chi connectivity index (χ0) is 22.1. The van der Waals surface area contributed by atoms with E-state index in [-0.39, 0.29) is 39.7 Å². The summed E-state index contributed by atoms with van der Waals surface area (Å²) in [6.07, 6.45) is 2.74. The van der Waals surface area contributed by atoms with Gasteiger partial charge in [0, 0.05) is 36.9 Å². The maximum atomic E-state index is 15.9. The second-order valence-electron chi connectivity index (χ2n) is 9.49. The normalized spacial score (nSPS) is 21.1. The van der Waals surface area contributed by atoms with Gasteiger partial charge in [-0.15, -0.1) is 0 Å². The molecular weight excluding hydrogens is 392 g/mol. The Morgan fingerprint density at radius 1 is 1.23 bits per heavy atom. The third-order valence-corrected chi connectivity index (χ3v) is 6.57. The van der Waals surface area contributed by atoms with Crippen molar-refractivity contribution in [3.63, 3.8) is 0 Å². The number of benzene rings is 1. The second-order valence-corrected chi connectivity index (χ2v) is 9.49. The molecule has 2 fully saturated rings. The lowest BCUT2D eigenvalue weighted by Crippen LogP contribution is -2.40. The van der Waals surface area contributed by atoms with Crippen molar-refractivity contribution in [3.8, 4) is 0 Å². The minimum Gasteiger partial charge on any atom is -0.477 e. The van der Waals surface area contributed by atoms with Crippen molar-refractivity contribution in [2.24, 2.45) is 5.41 Å². The van der Waals surface area contributed by atoms with Crippen LogP contribution >= 0.6 is 0 Å². The van der Waals surface area contributed by atoms with Gasteiger partial charge < -0.3 is 19.5 Å². The van der Waals surface area contributed by atoms with Gasteiger partial charge in [0.2, 0.25) is 5.43 Å². The number of carboxylic acid groups (broad SMARTS) is 1. The molecule has 0 amide bonds. The zero-order valence-corrected chi connectivity index (χ0v) is 17.9. The largest absolute Gasteiger partial charge is 0.477 e. The number of pyridine rings is 1. The quantitative estimate of drug-likeness (QED) is 0.823. The van der Waals surface area contributed by atoms with E-state index in [1.165, 1.54) is 17.7 Å². The van der Waals surface area contributed by atoms with Gasteiger partial charge in [-0.3, -0.25) is 4.79 Å². The molecule has 6 nitrogen and oxygen atoms in total. The predicted molar refractivity (Wildman–Crippen MR) is 112 cm³/mol. The lowest BCUT2D eigenvalue weighted by molar-refractivity contribution is 0.0694. The van der Waals surface area contributed by atoms with Crippen LogP contribution in [0.3, 0.4) is 0 Å². The molecule has 1 aliphatic carbocycles. The minimum atomic E-state index is -1.39. The predicted octanol–water partition coefficient (Wildman–Crippen LogP) is 3.40. The number of nitrogens with zero attached hydrogens (tertiary/aromatic N) is 3. The van der Waals surface area contributed by atoms with E-state index in [0.29, 0.717) is 13.1 Å². The molecule has 30 heavy (non-hydrogen) atoms. The van der Waals surface area contributed by atoms with Crippen LogP contribution in [0.4, 0.5) is 14.5 Å². The van der Waals surface area contributed by atoms with Gasteiger partial charge >= 0.3 is 5.97 Å². The van der Waals surface area contributed by atoms with Crippen molar-refractivity contribution in [1.29, 1.82) is 0 Å². The molecule has 1 aliphatic heterocycles. The summed E-state index contributed by atoms with van der Waals surface area (Å²) in [6, 6.07) is 0.0234. The van der Waals surface area contributed by atoms with Crippen molar-refractivity contribution in [2.75, 3.05) is 32.1 Å². The average Bonchev–Trinajstić information content (AvgIpc) is 3.43. The molecule has 0 radical (unpaired) electrons. The third kappa shape index (κ3) is 3.00. The van der Waals surface area contributed by atoms with E-state index in [0.717, 1.165) is 12.8 Å². The highest BCUT2D eigenvalue weighted by Crippen LogP contribution is 2.43. The molecule has 1 N–H and O–H groups in total. The number of hydrogen-bond donors (Lipinski definition) is 1. The molecule has 1 unspecified atom stereocenters. The Kier molecular flexibility index (Phi) is 4.69. The molecule has 8 heteroatoms. The summed E-state index contributed by atoms with van der Waals surface area (Å²) in [4.78, 5) is 28.2. The first-order valence-electron chi connectivity index (χ1n) is 10.2. The van der Waals surface area contributed by atoms with Crippen molar-refractivity contribution in [1.82, 2.24) is 9.47 Å². The summed E-state index contributed by atoms with van der Waals surface area (Å²) in [6.45, 7) is 6.49. The van der Waals surface area contributed by atoms with Crippen molar-refractivity contribution >= 4 is 22.6 Å². The van der Waals surface area contributed by atoms with Crippen LogP contribution in [0.1, 0.15) is 48.7 Å². The Labute approximate surface area is 173 Å². The number of rotatable bonds is 4. The zero-order valence-electron chi connectivity index (χ0n) is 17.9. The lowest BCUT2D eigenvalue weighted by atomic mass is 9.87. The van der Waals surface area contributed by atoms with Gasteiger partial charge in [-0.25, -0.2) is 13.6 Å². The maximum absolute atomic E-state index is 15.9. The van der Waals surface area contributed by atoms with Crippen LogP contribution in [0.2, 0.25) is 0 Å². The van der Waals surface area contributed by atoms with Gasteiger partial charge in [0.15, 0.2) is 11.6 Å². The van der Waals surface area contributed by atoms with Crippen LogP contribution in [-0.2, 0) is 0 Å². The number of aromatic carboxylic acids is 1. The van der Waals surface area contributed by atoms with Crippen molar-refractivity contribution in [2.45, 2.75) is 45.7 Å². The number of halogens is 2. The maximum Gasteiger partial charge on any atom is 0.341 e. The van der Waals surface area contributed by atoms with Gasteiger partial charge in [0.25, 0.3) is 0 Å². The number of fused-ring (bicyclic) bond motifs is 1. The van der Waals surface area contributed by atoms with E-state index >= 15 is 8.78 Å². The highest BCUT2D eigenvalue weighted by Gasteiger charge is 2.43. The topological polar surface area (TPSA) is 65.8 Å². The number of likely N-dealkylation sites (N-methyl/N-ethyl adjacent to an activating group) is 1. The SMILES string of the molecule is Cc1c(F)c(N2CC(N(C)C)C(C)(C)C2)c(F)c2c1c(=O)c(C(=O)O)cn2C1CC1. The minimum absolute atomic E-state index is 0.00462. The molecule has 1 saturated heterocycles. The van der Waals surface area contributed by atoms with E-state index in [4.69, 9.17) is 0 Å². The summed E-state index contributed by atoms with van der Waals surface area (Å²) in [5.41, 5.74) is -1.62. The van der Waals surface area contributed by atoms with Gasteiger partial charge in [-0.2, -0.15) is 0 Å². The van der Waals surface area contributed by atoms with Gasteiger partial charge in [-0.1, -0.05) is 13.8 Å². The van der Waals surface area contributed by atoms with Gasteiger partial charge in [0.05, 0.1) is 10.9 Å². The molecule has 1 aromatic carbocycles. The molecule has 4 rings (SSSR count). The van der Waals surface area contributed by atoms with E-state index in [2.05, 4.69) is 18.7 Å². The van der Waals surface area contributed by atoms with Gasteiger partial charge in [-0.05, 0) is 39.3 Å². The highest BCUT2D eigenvalue weighted by atomic mass is 19.1. The second kappa shape index (κ2) is 6.77. The smallest absolute Gasteiger partial charge is 0.341 e. The highest BCUT2D eigenvalue weighted by molar-refractivity contribution is 5.95. The monoisotopic (exact) mass is 419 g/mol. The van der Waals surface area contributed by atoms with E-state index in [1.807, 2.05) is 14.1 Å². The van der Waals surface area contributed by atoms with Crippen LogP contribution in [0, 0.1) is 24.0 Å². The van der Waals surface area contributed by atoms with Gasteiger partial charge in [0.1, 0.15) is 11.3 Å². The third-order valence-electron chi connectivity index (χ3n) is 6.57. The van der Waals surface area contributed by atoms with E-state index in [1.54, 1.807) is 4.90 Å². The molecule has 1 saturated carbocycles. The van der Waals surface area contributed by atoms with E-state index in [9.17, 15) is 14.7 Å². The molecule has 162 valence electrons. The summed E-state index contributed by atoms with van der Waals surface area (Å²) in [7, 11) is 3.90. The molecule has 2 heterocycles. The molecule has 2 aliphatic rings. The number of hydrogen-bond acceptors (Lipinski definition) is 4. The van der Waals surface area contributed by atoms with Crippen LogP contribution in [0.15, 0.2) is 11.0 Å². The first-order chi connectivity index (χ1) is 14.0. The Hall–Kier alpha value is -2.48. The van der Waals surface area contributed by atoms with Crippen LogP contribution in [0.25, 0.3) is 10.9 Å². The summed E-state index contributed by atoms with van der Waals surface area (Å²) < 4.78 is 32.9. The summed E-state index contributed by atoms with van der Waals surface area (Å²) >= 11 is 0. The standard InChI is InChI=1S/C22H27F2N3O3/c1-11-15-18(27(12-6-7-12)8-13(20(15)28)21(29)30)17(24)19(16(11)23)26-9-14(25(4)5)22(2,3)10-26/h8,12,14H,6-7,9-10H2,1-5H3,(H,29,30). The van der Waals surface area contributed by atoms with Crippen molar-refractivity contribution < 1.29 is 18.7 Å². The first-order valence-corrected chi connectivity index (χ1v) is 10.2. The number of anilines is 1. The summed E-state index contributed by atoms with van der Waals surface area (Å²) in [5, 5.41) is 9.26. The summed E-state index contributed by atoms with van der Waals surface area (Å²) in [5.74, 6) is -2.97. The Morgan fingerprint density at radius 3 is 2.37 bits per heavy atom. The molecule has 0 spiro atoms.